The molecule has 14 heavy (non-hydrogen) atoms. The van der Waals surface area contributed by atoms with Crippen LogP contribution < -0.4 is 17.0 Å². The van der Waals surface area contributed by atoms with Crippen molar-refractivity contribution in [1.29, 1.82) is 0 Å². The SMILES string of the molecule is NNC=Nc1ccc(Cl)c(C(N)=O)c1. The number of amides is 1. The topological polar surface area (TPSA) is 93.5 Å². The molecule has 0 saturated heterocycles. The molecule has 5 nitrogen and oxygen atoms in total. The van der Waals surface area contributed by atoms with Crippen LogP contribution in [0.4, 0.5) is 5.69 Å². The fourth-order valence-electron chi connectivity index (χ4n) is 0.894. The third-order valence-electron chi connectivity index (χ3n) is 1.50. The molecule has 5 N–H and O–H groups in total. The second kappa shape index (κ2) is 4.59. The van der Waals surface area contributed by atoms with E-state index in [9.17, 15) is 4.79 Å². The van der Waals surface area contributed by atoms with Gasteiger partial charge in [0.2, 0.25) is 5.91 Å². The summed E-state index contributed by atoms with van der Waals surface area (Å²) >= 11 is 5.73. The van der Waals surface area contributed by atoms with Gasteiger partial charge in [0, 0.05) is 0 Å². The number of carbonyl (C=O) groups excluding carboxylic acids is 1. The monoisotopic (exact) mass is 212 g/mol. The number of aliphatic imine (C=N–C) groups is 1. The fraction of sp³-hybridized carbons (Fsp3) is 0. The average Bonchev–Trinajstić information content (AvgIpc) is 2.16. The highest BCUT2D eigenvalue weighted by Gasteiger charge is 2.06. The van der Waals surface area contributed by atoms with Gasteiger partial charge in [0.1, 0.15) is 6.34 Å². The highest BCUT2D eigenvalue weighted by atomic mass is 35.5. The molecule has 1 rings (SSSR count). The predicted octanol–water partition coefficient (Wildman–Crippen LogP) is 0.562. The van der Waals surface area contributed by atoms with Gasteiger partial charge in [-0.15, -0.1) is 0 Å². The van der Waals surface area contributed by atoms with Crippen molar-refractivity contribution in [2.75, 3.05) is 0 Å². The van der Waals surface area contributed by atoms with Crippen LogP contribution in [0, 0.1) is 0 Å². The second-order valence-corrected chi connectivity index (χ2v) is 2.86. The van der Waals surface area contributed by atoms with Gasteiger partial charge in [-0.05, 0) is 18.2 Å². The van der Waals surface area contributed by atoms with Crippen molar-refractivity contribution in [3.05, 3.63) is 28.8 Å². The Balaban J connectivity index is 3.06. The lowest BCUT2D eigenvalue weighted by Crippen LogP contribution is -2.18. The van der Waals surface area contributed by atoms with Crippen LogP contribution in [0.5, 0.6) is 0 Å². The molecule has 1 aromatic rings. The van der Waals surface area contributed by atoms with Crippen LogP contribution in [0.3, 0.4) is 0 Å². The summed E-state index contributed by atoms with van der Waals surface area (Å²) in [5.74, 6) is 4.40. The zero-order chi connectivity index (χ0) is 10.6. The van der Waals surface area contributed by atoms with Crippen molar-refractivity contribution in [2.45, 2.75) is 0 Å². The number of nitrogens with two attached hydrogens (primary N) is 2. The van der Waals surface area contributed by atoms with Crippen LogP contribution >= 0.6 is 11.6 Å². The van der Waals surface area contributed by atoms with E-state index in [1.165, 1.54) is 12.4 Å². The number of hydrogen-bond donors (Lipinski definition) is 3. The number of nitrogens with zero attached hydrogens (tertiary/aromatic N) is 1. The molecule has 0 heterocycles. The maximum absolute atomic E-state index is 10.9. The van der Waals surface area contributed by atoms with Crippen LogP contribution in [0.15, 0.2) is 23.2 Å². The van der Waals surface area contributed by atoms with Gasteiger partial charge in [-0.25, -0.2) is 10.8 Å². The Kier molecular flexibility index (Phi) is 3.44. The Hall–Kier alpha value is -1.59. The third kappa shape index (κ3) is 2.45. The van der Waals surface area contributed by atoms with Crippen LogP contribution in [0.1, 0.15) is 10.4 Å². The predicted molar refractivity (Wildman–Crippen MR) is 55.4 cm³/mol. The van der Waals surface area contributed by atoms with Crippen molar-refractivity contribution in [1.82, 2.24) is 5.43 Å². The highest BCUT2D eigenvalue weighted by Crippen LogP contribution is 2.21. The molecular formula is C8H9ClN4O. The summed E-state index contributed by atoms with van der Waals surface area (Å²) in [5, 5.41) is 0.303. The Morgan fingerprint density at radius 2 is 2.29 bits per heavy atom. The first-order valence-corrected chi connectivity index (χ1v) is 4.11. The van der Waals surface area contributed by atoms with Crippen molar-refractivity contribution >= 4 is 29.5 Å². The van der Waals surface area contributed by atoms with E-state index >= 15 is 0 Å². The van der Waals surface area contributed by atoms with E-state index in [1.807, 2.05) is 0 Å². The molecule has 0 fully saturated rings. The van der Waals surface area contributed by atoms with Gasteiger partial charge in [0.05, 0.1) is 16.3 Å². The van der Waals surface area contributed by atoms with E-state index in [4.69, 9.17) is 23.2 Å². The molecule has 0 aliphatic carbocycles. The minimum Gasteiger partial charge on any atom is -0.366 e. The maximum Gasteiger partial charge on any atom is 0.250 e. The number of primary amides is 1. The fourth-order valence-corrected chi connectivity index (χ4v) is 1.10. The van der Waals surface area contributed by atoms with E-state index in [-0.39, 0.29) is 5.56 Å². The Bertz CT molecular complexity index is 378. The number of hydrazine groups is 1. The summed E-state index contributed by atoms with van der Waals surface area (Å²) in [5.41, 5.74) is 8.11. The Labute approximate surface area is 85.7 Å². The molecule has 0 saturated carbocycles. The smallest absolute Gasteiger partial charge is 0.250 e. The molecule has 1 aromatic carbocycles. The first-order valence-electron chi connectivity index (χ1n) is 3.73. The van der Waals surface area contributed by atoms with Gasteiger partial charge < -0.3 is 11.2 Å². The van der Waals surface area contributed by atoms with Gasteiger partial charge >= 0.3 is 0 Å². The molecule has 0 aliphatic heterocycles. The Morgan fingerprint density at radius 3 is 2.86 bits per heavy atom. The number of halogens is 1. The van der Waals surface area contributed by atoms with Crippen molar-refractivity contribution in [3.8, 4) is 0 Å². The van der Waals surface area contributed by atoms with E-state index < -0.39 is 5.91 Å². The summed E-state index contributed by atoms with van der Waals surface area (Å²) in [6, 6.07) is 4.67. The Morgan fingerprint density at radius 1 is 1.57 bits per heavy atom. The minimum absolute atomic E-state index is 0.235. The molecule has 6 heteroatoms. The lowest BCUT2D eigenvalue weighted by molar-refractivity contribution is 0.100. The van der Waals surface area contributed by atoms with E-state index in [1.54, 1.807) is 12.1 Å². The standard InChI is InChI=1S/C8H9ClN4O/c9-7-2-1-5(12-4-13-11)3-6(7)8(10)14/h1-4H,11H2,(H2,10,14)(H,12,13). The number of carbonyl (C=O) groups is 1. The number of nitrogens with one attached hydrogen (secondary N) is 1. The van der Waals surface area contributed by atoms with Crippen LogP contribution in [-0.2, 0) is 0 Å². The minimum atomic E-state index is -0.590. The average molecular weight is 213 g/mol. The quantitative estimate of drug-likeness (QED) is 0.296. The lowest BCUT2D eigenvalue weighted by atomic mass is 10.2. The number of hydrogen-bond acceptors (Lipinski definition) is 3. The zero-order valence-corrected chi connectivity index (χ0v) is 7.95. The van der Waals surface area contributed by atoms with Gasteiger partial charge in [-0.3, -0.25) is 4.79 Å². The van der Waals surface area contributed by atoms with Crippen LogP contribution in [-0.4, -0.2) is 12.2 Å². The molecule has 0 unspecified atom stereocenters. The van der Waals surface area contributed by atoms with Gasteiger partial charge in [0.15, 0.2) is 0 Å². The van der Waals surface area contributed by atoms with E-state index in [0.717, 1.165) is 0 Å². The van der Waals surface area contributed by atoms with E-state index in [0.29, 0.717) is 10.7 Å². The number of benzene rings is 1. The summed E-state index contributed by atoms with van der Waals surface area (Å²) < 4.78 is 0. The van der Waals surface area contributed by atoms with Gasteiger partial charge in [0.25, 0.3) is 0 Å². The molecule has 0 radical (unpaired) electrons. The van der Waals surface area contributed by atoms with Gasteiger partial charge in [-0.1, -0.05) is 11.6 Å². The molecule has 0 aromatic heterocycles. The largest absolute Gasteiger partial charge is 0.366 e. The first-order chi connectivity index (χ1) is 6.65. The highest BCUT2D eigenvalue weighted by molar-refractivity contribution is 6.33. The van der Waals surface area contributed by atoms with Crippen molar-refractivity contribution in [2.24, 2.45) is 16.6 Å². The van der Waals surface area contributed by atoms with Crippen molar-refractivity contribution < 1.29 is 4.79 Å². The molecule has 74 valence electrons. The molecule has 0 bridgehead atoms. The first kappa shape index (κ1) is 10.5. The van der Waals surface area contributed by atoms with Crippen LogP contribution in [0.2, 0.25) is 5.02 Å². The summed E-state index contributed by atoms with van der Waals surface area (Å²) in [6.07, 6.45) is 1.29. The normalized spacial score (nSPS) is 10.4. The molecule has 0 aliphatic rings. The van der Waals surface area contributed by atoms with Crippen molar-refractivity contribution in [3.63, 3.8) is 0 Å². The molecule has 0 spiro atoms. The van der Waals surface area contributed by atoms with Gasteiger partial charge in [-0.2, -0.15) is 0 Å². The summed E-state index contributed by atoms with van der Waals surface area (Å²) in [6.45, 7) is 0. The summed E-state index contributed by atoms with van der Waals surface area (Å²) in [4.78, 5) is 14.8. The molecule has 1 amide bonds. The summed E-state index contributed by atoms with van der Waals surface area (Å²) in [7, 11) is 0. The zero-order valence-electron chi connectivity index (χ0n) is 7.20. The molecular weight excluding hydrogens is 204 g/mol. The second-order valence-electron chi connectivity index (χ2n) is 2.45. The maximum atomic E-state index is 10.9. The molecule has 0 atom stereocenters. The third-order valence-corrected chi connectivity index (χ3v) is 1.83. The lowest BCUT2D eigenvalue weighted by Gasteiger charge is -2.00. The van der Waals surface area contributed by atoms with Crippen LogP contribution in [0.25, 0.3) is 0 Å². The number of rotatable bonds is 3. The van der Waals surface area contributed by atoms with E-state index in [2.05, 4.69) is 10.4 Å².